The zero-order valence-electron chi connectivity index (χ0n) is 10.9. The standard InChI is InChI=1S/C12H20ClN5/c1-3-9(2)17-4-6-18(7-5-17)11-10(13)8-15-12(14)16-11/h8-9H,3-7H2,1-2H3,(H2,14,15,16). The summed E-state index contributed by atoms with van der Waals surface area (Å²) in [5, 5.41) is 0.571. The normalized spacial score (nSPS) is 18.9. The topological polar surface area (TPSA) is 58.3 Å². The summed E-state index contributed by atoms with van der Waals surface area (Å²) in [6.07, 6.45) is 2.75. The van der Waals surface area contributed by atoms with Crippen LogP contribution in [0.5, 0.6) is 0 Å². The Labute approximate surface area is 113 Å². The number of rotatable bonds is 3. The minimum absolute atomic E-state index is 0.277. The molecule has 2 N–H and O–H groups in total. The molecule has 2 rings (SSSR count). The maximum atomic E-state index is 6.12. The molecule has 0 saturated carbocycles. The van der Waals surface area contributed by atoms with Gasteiger partial charge in [0.15, 0.2) is 5.82 Å². The summed E-state index contributed by atoms with van der Waals surface area (Å²) in [4.78, 5) is 12.8. The largest absolute Gasteiger partial charge is 0.368 e. The van der Waals surface area contributed by atoms with Gasteiger partial charge in [-0.25, -0.2) is 4.98 Å². The molecule has 1 atom stereocenters. The van der Waals surface area contributed by atoms with E-state index in [1.807, 2.05) is 0 Å². The van der Waals surface area contributed by atoms with Crippen molar-refractivity contribution in [2.75, 3.05) is 36.8 Å². The van der Waals surface area contributed by atoms with E-state index in [2.05, 4.69) is 33.6 Å². The van der Waals surface area contributed by atoms with Gasteiger partial charge >= 0.3 is 0 Å². The molecule has 5 nitrogen and oxygen atoms in total. The smallest absolute Gasteiger partial charge is 0.222 e. The highest BCUT2D eigenvalue weighted by Gasteiger charge is 2.22. The van der Waals surface area contributed by atoms with Gasteiger partial charge in [-0.2, -0.15) is 4.98 Å². The summed E-state index contributed by atoms with van der Waals surface area (Å²) in [5.74, 6) is 1.03. The third-order valence-corrected chi connectivity index (χ3v) is 3.84. The molecular weight excluding hydrogens is 250 g/mol. The summed E-state index contributed by atoms with van der Waals surface area (Å²) in [7, 11) is 0. The lowest BCUT2D eigenvalue weighted by Crippen LogP contribution is -2.49. The van der Waals surface area contributed by atoms with Crippen LogP contribution in [0.15, 0.2) is 6.20 Å². The summed E-state index contributed by atoms with van der Waals surface area (Å²) in [6, 6.07) is 0.637. The summed E-state index contributed by atoms with van der Waals surface area (Å²) in [6.45, 7) is 8.43. The minimum Gasteiger partial charge on any atom is -0.368 e. The molecule has 1 fully saturated rings. The lowest BCUT2D eigenvalue weighted by atomic mass is 10.2. The van der Waals surface area contributed by atoms with Gasteiger partial charge in [0.2, 0.25) is 5.95 Å². The number of halogens is 1. The Kier molecular flexibility index (Phi) is 4.24. The summed E-state index contributed by atoms with van der Waals surface area (Å²) >= 11 is 6.12. The van der Waals surface area contributed by atoms with Crippen molar-refractivity contribution in [2.24, 2.45) is 0 Å². The van der Waals surface area contributed by atoms with Crippen molar-refractivity contribution in [2.45, 2.75) is 26.3 Å². The van der Waals surface area contributed by atoms with Gasteiger partial charge < -0.3 is 10.6 Å². The molecule has 100 valence electrons. The van der Waals surface area contributed by atoms with Crippen LogP contribution < -0.4 is 10.6 Å². The molecule has 1 saturated heterocycles. The van der Waals surface area contributed by atoms with Crippen LogP contribution in [0, 0.1) is 0 Å². The third-order valence-electron chi connectivity index (χ3n) is 3.57. The Morgan fingerprint density at radius 2 is 2.06 bits per heavy atom. The lowest BCUT2D eigenvalue weighted by Gasteiger charge is -2.38. The van der Waals surface area contributed by atoms with Crippen molar-refractivity contribution in [3.05, 3.63) is 11.2 Å². The average Bonchev–Trinajstić information content (AvgIpc) is 2.41. The molecule has 0 bridgehead atoms. The monoisotopic (exact) mass is 269 g/mol. The van der Waals surface area contributed by atoms with Crippen molar-refractivity contribution in [3.63, 3.8) is 0 Å². The maximum Gasteiger partial charge on any atom is 0.222 e. The Morgan fingerprint density at radius 3 is 2.67 bits per heavy atom. The fourth-order valence-corrected chi connectivity index (χ4v) is 2.44. The Bertz CT molecular complexity index is 403. The predicted octanol–water partition coefficient (Wildman–Crippen LogP) is 1.63. The first kappa shape index (κ1) is 13.4. The van der Waals surface area contributed by atoms with Crippen LogP contribution >= 0.6 is 11.6 Å². The second-order valence-corrected chi connectivity index (χ2v) is 5.09. The molecule has 0 spiro atoms. The number of hydrogen-bond acceptors (Lipinski definition) is 5. The Morgan fingerprint density at radius 1 is 1.39 bits per heavy atom. The van der Waals surface area contributed by atoms with Gasteiger partial charge in [0.25, 0.3) is 0 Å². The number of piperazine rings is 1. The van der Waals surface area contributed by atoms with Crippen LogP contribution in [0.25, 0.3) is 0 Å². The van der Waals surface area contributed by atoms with Gasteiger partial charge in [-0.15, -0.1) is 0 Å². The highest BCUT2D eigenvalue weighted by atomic mass is 35.5. The Hall–Kier alpha value is -1.07. The fourth-order valence-electron chi connectivity index (χ4n) is 2.23. The number of nitrogens with two attached hydrogens (primary N) is 1. The molecule has 2 heterocycles. The second-order valence-electron chi connectivity index (χ2n) is 4.68. The van der Waals surface area contributed by atoms with Gasteiger partial charge in [-0.1, -0.05) is 18.5 Å². The molecule has 0 aromatic carbocycles. The molecule has 0 aliphatic carbocycles. The zero-order valence-corrected chi connectivity index (χ0v) is 11.7. The molecule has 0 amide bonds. The van der Waals surface area contributed by atoms with Crippen LogP contribution in [0.2, 0.25) is 5.02 Å². The number of aromatic nitrogens is 2. The van der Waals surface area contributed by atoms with Gasteiger partial charge in [0.1, 0.15) is 5.02 Å². The van der Waals surface area contributed by atoms with E-state index in [9.17, 15) is 0 Å². The molecule has 6 heteroatoms. The first-order valence-electron chi connectivity index (χ1n) is 6.38. The third kappa shape index (κ3) is 2.84. The van der Waals surface area contributed by atoms with E-state index in [1.54, 1.807) is 6.20 Å². The molecule has 1 aliphatic rings. The first-order chi connectivity index (χ1) is 8.61. The number of nitrogens with zero attached hydrogens (tertiary/aromatic N) is 4. The maximum absolute atomic E-state index is 6.12. The van der Waals surface area contributed by atoms with Crippen molar-refractivity contribution in [1.82, 2.24) is 14.9 Å². The molecule has 1 aromatic heterocycles. The van der Waals surface area contributed by atoms with Gasteiger partial charge in [-0.3, -0.25) is 4.90 Å². The lowest BCUT2D eigenvalue weighted by molar-refractivity contribution is 0.192. The molecule has 1 aliphatic heterocycles. The van der Waals surface area contributed by atoms with Crippen LogP contribution in [0.4, 0.5) is 11.8 Å². The first-order valence-corrected chi connectivity index (χ1v) is 6.76. The van der Waals surface area contributed by atoms with Crippen LogP contribution in [0.3, 0.4) is 0 Å². The molecule has 1 aromatic rings. The number of anilines is 2. The SMILES string of the molecule is CCC(C)N1CCN(c2nc(N)ncc2Cl)CC1. The van der Waals surface area contributed by atoms with Crippen molar-refractivity contribution >= 4 is 23.4 Å². The zero-order chi connectivity index (χ0) is 13.1. The average molecular weight is 270 g/mol. The van der Waals surface area contributed by atoms with Crippen molar-refractivity contribution < 1.29 is 0 Å². The van der Waals surface area contributed by atoms with Crippen LogP contribution in [-0.4, -0.2) is 47.1 Å². The van der Waals surface area contributed by atoms with E-state index < -0.39 is 0 Å². The van der Waals surface area contributed by atoms with Crippen molar-refractivity contribution in [3.8, 4) is 0 Å². The molecular formula is C12H20ClN5. The van der Waals surface area contributed by atoms with E-state index >= 15 is 0 Å². The van der Waals surface area contributed by atoms with Crippen LogP contribution in [0.1, 0.15) is 20.3 Å². The van der Waals surface area contributed by atoms with E-state index in [-0.39, 0.29) is 5.95 Å². The highest BCUT2D eigenvalue weighted by molar-refractivity contribution is 6.32. The summed E-state index contributed by atoms with van der Waals surface area (Å²) < 4.78 is 0. The number of nitrogen functional groups attached to an aromatic ring is 1. The second kappa shape index (κ2) is 5.71. The molecule has 18 heavy (non-hydrogen) atoms. The molecule has 1 unspecified atom stereocenters. The Balaban J connectivity index is 2.03. The van der Waals surface area contributed by atoms with Crippen molar-refractivity contribution in [1.29, 1.82) is 0 Å². The highest BCUT2D eigenvalue weighted by Crippen LogP contribution is 2.24. The minimum atomic E-state index is 0.277. The van der Waals surface area contributed by atoms with Gasteiger partial charge in [0, 0.05) is 32.2 Å². The van der Waals surface area contributed by atoms with E-state index in [1.165, 1.54) is 6.42 Å². The summed E-state index contributed by atoms with van der Waals surface area (Å²) in [5.41, 5.74) is 5.61. The van der Waals surface area contributed by atoms with Crippen LogP contribution in [-0.2, 0) is 0 Å². The fraction of sp³-hybridized carbons (Fsp3) is 0.667. The van der Waals surface area contributed by atoms with E-state index in [0.717, 1.165) is 32.0 Å². The quantitative estimate of drug-likeness (QED) is 0.904. The van der Waals surface area contributed by atoms with Gasteiger partial charge in [-0.05, 0) is 13.3 Å². The van der Waals surface area contributed by atoms with E-state index in [0.29, 0.717) is 11.1 Å². The number of hydrogen-bond donors (Lipinski definition) is 1. The van der Waals surface area contributed by atoms with Gasteiger partial charge in [0.05, 0.1) is 6.20 Å². The van der Waals surface area contributed by atoms with E-state index in [4.69, 9.17) is 17.3 Å². The predicted molar refractivity (Wildman–Crippen MR) is 75.0 cm³/mol. The molecule has 0 radical (unpaired) electrons.